The van der Waals surface area contributed by atoms with E-state index < -0.39 is 0 Å². The van der Waals surface area contributed by atoms with Crippen molar-refractivity contribution in [3.63, 3.8) is 0 Å². The minimum absolute atomic E-state index is 0.0633. The topological polar surface area (TPSA) is 81.9 Å². The monoisotopic (exact) mass is 379 g/mol. The third kappa shape index (κ3) is 4.79. The Labute approximate surface area is 155 Å². The smallest absolute Gasteiger partial charge is 0.238 e. The van der Waals surface area contributed by atoms with Gasteiger partial charge in [-0.3, -0.25) is 4.79 Å². The Kier molecular flexibility index (Phi) is 6.20. The Morgan fingerprint density at radius 2 is 2.19 bits per heavy atom. The standard InChI is InChI=1S/C17H22FN5O2S/c1-11(2)15(16(24)19-13-7-5-12(18)6-8-13)26-17-20-21-22-23(17)10-14-4-3-9-25-14/h5-8,11,14-15H,3-4,9-10H2,1-2H3,(H,19,24)/t14-,15-/m0/s1. The Hall–Kier alpha value is -2.00. The fourth-order valence-corrected chi connectivity index (χ4v) is 3.71. The van der Waals surface area contributed by atoms with Gasteiger partial charge >= 0.3 is 0 Å². The van der Waals surface area contributed by atoms with Gasteiger partial charge in [0, 0.05) is 12.3 Å². The Bertz CT molecular complexity index is 731. The van der Waals surface area contributed by atoms with Gasteiger partial charge < -0.3 is 10.1 Å². The van der Waals surface area contributed by atoms with Crippen molar-refractivity contribution in [3.8, 4) is 0 Å². The number of anilines is 1. The molecule has 3 rings (SSSR count). The number of carbonyl (C=O) groups excluding carboxylic acids is 1. The number of rotatable bonds is 7. The predicted octanol–water partition coefficient (Wildman–Crippen LogP) is 2.75. The van der Waals surface area contributed by atoms with E-state index >= 15 is 0 Å². The molecule has 9 heteroatoms. The number of benzene rings is 1. The van der Waals surface area contributed by atoms with Crippen LogP contribution >= 0.6 is 11.8 Å². The van der Waals surface area contributed by atoms with Gasteiger partial charge in [-0.2, -0.15) is 0 Å². The van der Waals surface area contributed by atoms with Crippen molar-refractivity contribution in [2.24, 2.45) is 5.92 Å². The maximum Gasteiger partial charge on any atom is 0.238 e. The van der Waals surface area contributed by atoms with Crippen LogP contribution in [0.2, 0.25) is 0 Å². The van der Waals surface area contributed by atoms with Crippen molar-refractivity contribution in [2.75, 3.05) is 11.9 Å². The maximum absolute atomic E-state index is 13.0. The second kappa shape index (κ2) is 8.59. The first-order chi connectivity index (χ1) is 12.5. The zero-order valence-electron chi connectivity index (χ0n) is 14.8. The van der Waals surface area contributed by atoms with Crippen LogP contribution in [0.4, 0.5) is 10.1 Å². The average molecular weight is 379 g/mol. The number of ether oxygens (including phenoxy) is 1. The number of aromatic nitrogens is 4. The molecule has 7 nitrogen and oxygen atoms in total. The van der Waals surface area contributed by atoms with E-state index in [0.717, 1.165) is 19.4 Å². The lowest BCUT2D eigenvalue weighted by Gasteiger charge is -2.19. The molecule has 0 unspecified atom stereocenters. The van der Waals surface area contributed by atoms with Gasteiger partial charge in [0.2, 0.25) is 11.1 Å². The Morgan fingerprint density at radius 1 is 1.42 bits per heavy atom. The SMILES string of the molecule is CC(C)[C@H](Sc1nnnn1C[C@@H]1CCCO1)C(=O)Nc1ccc(F)cc1. The number of amides is 1. The summed E-state index contributed by atoms with van der Waals surface area (Å²) >= 11 is 1.33. The summed E-state index contributed by atoms with van der Waals surface area (Å²) in [5.74, 6) is -0.442. The first kappa shape index (κ1) is 18.8. The number of nitrogens with zero attached hydrogens (tertiary/aromatic N) is 4. The van der Waals surface area contributed by atoms with Crippen LogP contribution in [0, 0.1) is 11.7 Å². The molecular weight excluding hydrogens is 357 g/mol. The summed E-state index contributed by atoms with van der Waals surface area (Å²) in [4.78, 5) is 12.7. The second-order valence-corrected chi connectivity index (χ2v) is 7.67. The van der Waals surface area contributed by atoms with Crippen LogP contribution in [0.25, 0.3) is 0 Å². The zero-order chi connectivity index (χ0) is 18.5. The van der Waals surface area contributed by atoms with Gasteiger partial charge in [0.1, 0.15) is 5.82 Å². The number of hydrogen-bond donors (Lipinski definition) is 1. The van der Waals surface area contributed by atoms with Crippen molar-refractivity contribution in [1.82, 2.24) is 20.2 Å². The van der Waals surface area contributed by atoms with Gasteiger partial charge in [-0.25, -0.2) is 9.07 Å². The van der Waals surface area contributed by atoms with E-state index in [9.17, 15) is 9.18 Å². The zero-order valence-corrected chi connectivity index (χ0v) is 15.6. The molecule has 1 aliphatic heterocycles. The second-order valence-electron chi connectivity index (χ2n) is 6.56. The average Bonchev–Trinajstić information content (AvgIpc) is 3.27. The third-order valence-electron chi connectivity index (χ3n) is 4.11. The lowest BCUT2D eigenvalue weighted by atomic mass is 10.1. The van der Waals surface area contributed by atoms with E-state index in [-0.39, 0.29) is 29.0 Å². The van der Waals surface area contributed by atoms with Crippen LogP contribution in [0.3, 0.4) is 0 Å². The van der Waals surface area contributed by atoms with Crippen LogP contribution in [-0.2, 0) is 16.1 Å². The fourth-order valence-electron chi connectivity index (χ4n) is 2.73. The molecule has 2 atom stereocenters. The molecule has 0 bridgehead atoms. The van der Waals surface area contributed by atoms with Gasteiger partial charge in [0.25, 0.3) is 0 Å². The molecule has 0 radical (unpaired) electrons. The minimum atomic E-state index is -0.380. The summed E-state index contributed by atoms with van der Waals surface area (Å²) in [7, 11) is 0. The largest absolute Gasteiger partial charge is 0.376 e. The number of tetrazole rings is 1. The summed E-state index contributed by atoms with van der Waals surface area (Å²) in [6.45, 7) is 5.29. The third-order valence-corrected chi connectivity index (χ3v) is 5.62. The number of carbonyl (C=O) groups is 1. The molecule has 1 N–H and O–H groups in total. The molecular formula is C17H22FN5O2S. The molecule has 0 aliphatic carbocycles. The number of hydrogen-bond acceptors (Lipinski definition) is 6. The van der Waals surface area contributed by atoms with Crippen molar-refractivity contribution in [1.29, 1.82) is 0 Å². The van der Waals surface area contributed by atoms with Crippen molar-refractivity contribution in [2.45, 2.75) is 49.7 Å². The molecule has 2 aromatic rings. The predicted molar refractivity (Wildman–Crippen MR) is 96.3 cm³/mol. The van der Waals surface area contributed by atoms with Crippen LogP contribution in [0.1, 0.15) is 26.7 Å². The lowest BCUT2D eigenvalue weighted by molar-refractivity contribution is -0.116. The molecule has 2 heterocycles. The van der Waals surface area contributed by atoms with Gasteiger partial charge in [0.05, 0.1) is 17.9 Å². The highest BCUT2D eigenvalue weighted by Crippen LogP contribution is 2.28. The highest BCUT2D eigenvalue weighted by molar-refractivity contribution is 8.00. The normalized spacial score (nSPS) is 18.2. The molecule has 1 amide bonds. The number of nitrogens with one attached hydrogen (secondary N) is 1. The molecule has 1 fully saturated rings. The van der Waals surface area contributed by atoms with E-state index in [1.165, 1.54) is 36.0 Å². The number of thioether (sulfide) groups is 1. The Balaban J connectivity index is 1.67. The van der Waals surface area contributed by atoms with E-state index in [2.05, 4.69) is 20.8 Å². The van der Waals surface area contributed by atoms with E-state index in [0.29, 0.717) is 17.4 Å². The molecule has 140 valence electrons. The van der Waals surface area contributed by atoms with Crippen molar-refractivity contribution in [3.05, 3.63) is 30.1 Å². The fraction of sp³-hybridized carbons (Fsp3) is 0.529. The molecule has 26 heavy (non-hydrogen) atoms. The van der Waals surface area contributed by atoms with Crippen molar-refractivity contribution >= 4 is 23.4 Å². The summed E-state index contributed by atoms with van der Waals surface area (Å²) in [5.41, 5.74) is 0.557. The summed E-state index contributed by atoms with van der Waals surface area (Å²) in [5, 5.41) is 14.9. The minimum Gasteiger partial charge on any atom is -0.376 e. The first-order valence-electron chi connectivity index (χ1n) is 8.64. The van der Waals surface area contributed by atoms with Gasteiger partial charge in [-0.1, -0.05) is 25.6 Å². The van der Waals surface area contributed by atoms with E-state index in [1.807, 2.05) is 13.8 Å². The highest BCUT2D eigenvalue weighted by atomic mass is 32.2. The molecule has 1 saturated heterocycles. The molecule has 1 aliphatic rings. The van der Waals surface area contributed by atoms with Crippen LogP contribution in [-0.4, -0.2) is 44.1 Å². The van der Waals surface area contributed by atoms with Crippen LogP contribution in [0.15, 0.2) is 29.4 Å². The van der Waals surface area contributed by atoms with E-state index in [4.69, 9.17) is 4.74 Å². The Morgan fingerprint density at radius 3 is 2.85 bits per heavy atom. The quantitative estimate of drug-likeness (QED) is 0.745. The van der Waals surface area contributed by atoms with Gasteiger partial charge in [-0.05, 0) is 53.5 Å². The first-order valence-corrected chi connectivity index (χ1v) is 9.51. The molecule has 1 aromatic heterocycles. The number of halogens is 1. The van der Waals surface area contributed by atoms with Gasteiger partial charge in [0.15, 0.2) is 0 Å². The van der Waals surface area contributed by atoms with E-state index in [1.54, 1.807) is 4.68 Å². The molecule has 1 aromatic carbocycles. The highest BCUT2D eigenvalue weighted by Gasteiger charge is 2.27. The van der Waals surface area contributed by atoms with Crippen LogP contribution in [0.5, 0.6) is 0 Å². The van der Waals surface area contributed by atoms with Crippen molar-refractivity contribution < 1.29 is 13.9 Å². The van der Waals surface area contributed by atoms with Gasteiger partial charge in [-0.15, -0.1) is 5.10 Å². The molecule has 0 saturated carbocycles. The summed E-state index contributed by atoms with van der Waals surface area (Å²) in [6.07, 6.45) is 2.15. The summed E-state index contributed by atoms with van der Waals surface area (Å²) in [6, 6.07) is 5.71. The maximum atomic E-state index is 13.0. The molecule has 0 spiro atoms. The van der Waals surface area contributed by atoms with Crippen LogP contribution < -0.4 is 5.32 Å². The lowest BCUT2D eigenvalue weighted by Crippen LogP contribution is -2.30. The summed E-state index contributed by atoms with van der Waals surface area (Å²) < 4.78 is 20.4.